The topological polar surface area (TPSA) is 109 Å². The van der Waals surface area contributed by atoms with E-state index in [2.05, 4.69) is 4.99 Å². The summed E-state index contributed by atoms with van der Waals surface area (Å²) in [4.78, 5) is 44.2. The van der Waals surface area contributed by atoms with Crippen LogP contribution < -0.4 is 24.4 Å². The number of allylic oxidation sites excluding steroid dienone is 1. The molecule has 0 N–H and O–H groups in total. The summed E-state index contributed by atoms with van der Waals surface area (Å²) in [6.45, 7) is 5.84. The van der Waals surface area contributed by atoms with E-state index in [4.69, 9.17) is 18.6 Å². The summed E-state index contributed by atoms with van der Waals surface area (Å²) in [6.07, 6.45) is 3.11. The lowest BCUT2D eigenvalue weighted by atomic mass is 9.96. The molecule has 5 rings (SSSR count). The maximum absolute atomic E-state index is 13.8. The molecular formula is C30H26N2O7S. The van der Waals surface area contributed by atoms with Gasteiger partial charge in [-0.2, -0.15) is 0 Å². The van der Waals surface area contributed by atoms with Crippen LogP contribution in [0.25, 0.3) is 6.08 Å². The summed E-state index contributed by atoms with van der Waals surface area (Å²) in [5.41, 5.74) is 1.96. The molecule has 1 atom stereocenters. The summed E-state index contributed by atoms with van der Waals surface area (Å²) in [6, 6.07) is 16.8. The van der Waals surface area contributed by atoms with Gasteiger partial charge in [-0.3, -0.25) is 9.36 Å². The lowest BCUT2D eigenvalue weighted by Gasteiger charge is -2.24. The van der Waals surface area contributed by atoms with Crippen LogP contribution in [0.5, 0.6) is 11.5 Å². The maximum Gasteiger partial charge on any atom is 0.379 e. The molecule has 0 amide bonds. The zero-order chi connectivity index (χ0) is 28.2. The van der Waals surface area contributed by atoms with Gasteiger partial charge in [0.05, 0.1) is 41.3 Å². The van der Waals surface area contributed by atoms with Crippen molar-refractivity contribution in [2.45, 2.75) is 26.8 Å². The number of aromatic nitrogens is 1. The molecule has 0 bridgehead atoms. The summed E-state index contributed by atoms with van der Waals surface area (Å²) < 4.78 is 23.6. The molecule has 4 aromatic rings. The first-order valence-electron chi connectivity index (χ1n) is 12.7. The van der Waals surface area contributed by atoms with Crippen molar-refractivity contribution in [3.8, 4) is 11.5 Å². The van der Waals surface area contributed by atoms with Crippen molar-refractivity contribution in [3.63, 3.8) is 0 Å². The molecule has 3 heterocycles. The van der Waals surface area contributed by atoms with E-state index in [0.717, 1.165) is 5.56 Å². The number of carbonyl (C=O) groups is 2. The summed E-state index contributed by atoms with van der Waals surface area (Å²) >= 11 is 1.22. The fraction of sp³-hybridized carbons (Fsp3) is 0.200. The number of hydrogen-bond acceptors (Lipinski definition) is 9. The third-order valence-electron chi connectivity index (χ3n) is 6.12. The Kier molecular flexibility index (Phi) is 7.79. The van der Waals surface area contributed by atoms with Crippen molar-refractivity contribution >= 4 is 29.4 Å². The maximum atomic E-state index is 13.8. The van der Waals surface area contributed by atoms with Gasteiger partial charge in [-0.25, -0.2) is 14.6 Å². The van der Waals surface area contributed by atoms with E-state index in [1.165, 1.54) is 28.2 Å². The Hall–Kier alpha value is -4.70. The molecular weight excluding hydrogens is 532 g/mol. The van der Waals surface area contributed by atoms with Crippen molar-refractivity contribution in [1.82, 2.24) is 4.57 Å². The number of thiazole rings is 1. The Morgan fingerprint density at radius 3 is 2.52 bits per heavy atom. The van der Waals surface area contributed by atoms with Gasteiger partial charge in [0.15, 0.2) is 16.3 Å². The van der Waals surface area contributed by atoms with Crippen LogP contribution >= 0.6 is 11.3 Å². The molecule has 0 fully saturated rings. The van der Waals surface area contributed by atoms with Crippen LogP contribution in [0.2, 0.25) is 0 Å². The van der Waals surface area contributed by atoms with E-state index in [-0.39, 0.29) is 23.7 Å². The SMILES string of the molecule is CCOC(=O)C1=C(C)N=c2s/c(=C/c3ccc(OC(=O)c4ccco4)c(OCC)c3)c(=O)n2[C@H]1c1ccccc1. The molecule has 0 saturated heterocycles. The van der Waals surface area contributed by atoms with Crippen molar-refractivity contribution in [2.24, 2.45) is 4.99 Å². The number of esters is 2. The largest absolute Gasteiger partial charge is 0.490 e. The van der Waals surface area contributed by atoms with Crippen LogP contribution in [0, 0.1) is 0 Å². The minimum atomic E-state index is -0.680. The first-order chi connectivity index (χ1) is 19.4. The lowest BCUT2D eigenvalue weighted by molar-refractivity contribution is -0.139. The van der Waals surface area contributed by atoms with Gasteiger partial charge in [-0.1, -0.05) is 47.7 Å². The molecule has 1 aliphatic rings. The number of carbonyl (C=O) groups excluding carboxylic acids is 2. The number of fused-ring (bicyclic) bond motifs is 1. The third-order valence-corrected chi connectivity index (χ3v) is 7.11. The Morgan fingerprint density at radius 1 is 1.02 bits per heavy atom. The highest BCUT2D eigenvalue weighted by molar-refractivity contribution is 7.07. The van der Waals surface area contributed by atoms with Crippen LogP contribution in [0.3, 0.4) is 0 Å². The average Bonchev–Trinajstić information content (AvgIpc) is 3.59. The van der Waals surface area contributed by atoms with Gasteiger partial charge in [-0.15, -0.1) is 0 Å². The Morgan fingerprint density at radius 2 is 1.82 bits per heavy atom. The summed E-state index contributed by atoms with van der Waals surface area (Å²) in [5.74, 6) is -0.529. The standard InChI is InChI=1S/C30H26N2O7S/c1-4-36-23-16-19(13-14-21(23)39-28(34)22-12-9-15-38-22)17-24-27(33)32-26(20-10-7-6-8-11-20)25(29(35)37-5-2)18(3)31-30(32)40-24/h6-17,26H,4-5H2,1-3H3/b24-17+/t26-/m0/s1. The van der Waals surface area contributed by atoms with Gasteiger partial charge in [0.1, 0.15) is 0 Å². The number of nitrogens with zero attached hydrogens (tertiary/aromatic N) is 2. The number of benzene rings is 2. The highest BCUT2D eigenvalue weighted by atomic mass is 32.1. The predicted molar refractivity (Wildman–Crippen MR) is 148 cm³/mol. The molecule has 2 aromatic heterocycles. The van der Waals surface area contributed by atoms with Crippen LogP contribution in [-0.2, 0) is 9.53 Å². The summed E-state index contributed by atoms with van der Waals surface area (Å²) in [7, 11) is 0. The highest BCUT2D eigenvalue weighted by Crippen LogP contribution is 2.31. The van der Waals surface area contributed by atoms with Crippen LogP contribution in [0.1, 0.15) is 48.5 Å². The first kappa shape index (κ1) is 26.9. The van der Waals surface area contributed by atoms with Gasteiger partial charge in [-0.05, 0) is 62.2 Å². The molecule has 0 spiro atoms. The molecule has 2 aromatic carbocycles. The van der Waals surface area contributed by atoms with Gasteiger partial charge < -0.3 is 18.6 Å². The number of hydrogen-bond donors (Lipinski definition) is 0. The van der Waals surface area contributed by atoms with E-state index in [1.54, 1.807) is 44.2 Å². The molecule has 0 radical (unpaired) electrons. The molecule has 0 saturated carbocycles. The molecule has 0 aliphatic carbocycles. The zero-order valence-electron chi connectivity index (χ0n) is 22.1. The minimum Gasteiger partial charge on any atom is -0.490 e. The summed E-state index contributed by atoms with van der Waals surface area (Å²) in [5, 5.41) is 0. The third kappa shape index (κ3) is 5.26. The Balaban J connectivity index is 1.58. The molecule has 1 aliphatic heterocycles. The van der Waals surface area contributed by atoms with Gasteiger partial charge in [0.25, 0.3) is 5.56 Å². The molecule has 10 heteroatoms. The normalized spacial score (nSPS) is 14.9. The van der Waals surface area contributed by atoms with Gasteiger partial charge in [0, 0.05) is 0 Å². The molecule has 204 valence electrons. The van der Waals surface area contributed by atoms with E-state index >= 15 is 0 Å². The molecule has 9 nitrogen and oxygen atoms in total. The lowest BCUT2D eigenvalue weighted by Crippen LogP contribution is -2.39. The fourth-order valence-corrected chi connectivity index (χ4v) is 5.45. The smallest absolute Gasteiger partial charge is 0.379 e. The van der Waals surface area contributed by atoms with Gasteiger partial charge >= 0.3 is 11.9 Å². The van der Waals surface area contributed by atoms with Crippen molar-refractivity contribution in [1.29, 1.82) is 0 Å². The monoisotopic (exact) mass is 558 g/mol. The van der Waals surface area contributed by atoms with E-state index in [1.807, 2.05) is 37.3 Å². The zero-order valence-corrected chi connectivity index (χ0v) is 22.9. The fourth-order valence-electron chi connectivity index (χ4n) is 4.41. The van der Waals surface area contributed by atoms with Crippen molar-refractivity contribution < 1.29 is 28.2 Å². The van der Waals surface area contributed by atoms with Crippen molar-refractivity contribution in [3.05, 3.63) is 115 Å². The first-order valence-corrected chi connectivity index (χ1v) is 13.5. The highest BCUT2D eigenvalue weighted by Gasteiger charge is 2.33. The second-order valence-electron chi connectivity index (χ2n) is 8.72. The van der Waals surface area contributed by atoms with E-state index < -0.39 is 18.0 Å². The van der Waals surface area contributed by atoms with Crippen LogP contribution in [-0.4, -0.2) is 29.7 Å². The number of rotatable bonds is 8. The number of ether oxygens (including phenoxy) is 3. The minimum absolute atomic E-state index is 0.0677. The predicted octanol–water partition coefficient (Wildman–Crippen LogP) is 4.01. The van der Waals surface area contributed by atoms with E-state index in [0.29, 0.717) is 38.5 Å². The average molecular weight is 559 g/mol. The number of furan rings is 1. The Labute approximate surface area is 233 Å². The quantitative estimate of drug-likeness (QED) is 0.237. The van der Waals surface area contributed by atoms with E-state index in [9.17, 15) is 14.4 Å². The second-order valence-corrected chi connectivity index (χ2v) is 9.73. The van der Waals surface area contributed by atoms with Gasteiger partial charge in [0.2, 0.25) is 5.76 Å². The van der Waals surface area contributed by atoms with Crippen LogP contribution in [0.4, 0.5) is 0 Å². The van der Waals surface area contributed by atoms with Crippen LogP contribution in [0.15, 0.2) is 92.4 Å². The Bertz CT molecular complexity index is 1770. The van der Waals surface area contributed by atoms with Crippen molar-refractivity contribution in [2.75, 3.05) is 13.2 Å². The molecule has 0 unspecified atom stereocenters. The molecule has 40 heavy (non-hydrogen) atoms. The second kappa shape index (κ2) is 11.6.